The highest BCUT2D eigenvalue weighted by molar-refractivity contribution is 9.10. The minimum atomic E-state index is -4.45. The fraction of sp³-hybridized carbons (Fsp3) is 0.364. The molecule has 18 heavy (non-hydrogen) atoms. The van der Waals surface area contributed by atoms with Crippen LogP contribution in [0.15, 0.2) is 22.7 Å². The second-order valence-electron chi connectivity index (χ2n) is 3.66. The summed E-state index contributed by atoms with van der Waals surface area (Å²) < 4.78 is 42.4. The first-order valence-corrected chi connectivity index (χ1v) is 5.73. The quantitative estimate of drug-likeness (QED) is 0.869. The zero-order valence-electron chi connectivity index (χ0n) is 9.42. The minimum absolute atomic E-state index is 0.176. The van der Waals surface area contributed by atoms with Crippen molar-refractivity contribution in [2.75, 3.05) is 7.11 Å². The molecule has 0 aromatic heterocycles. The van der Waals surface area contributed by atoms with Gasteiger partial charge < -0.3 is 10.5 Å². The molecule has 100 valence electrons. The van der Waals surface area contributed by atoms with Gasteiger partial charge in [0.1, 0.15) is 0 Å². The maximum Gasteiger partial charge on any atom is 0.416 e. The molecule has 1 aromatic rings. The molecule has 0 radical (unpaired) electrons. The highest BCUT2D eigenvalue weighted by Gasteiger charge is 2.31. The third-order valence-corrected chi connectivity index (χ3v) is 2.75. The number of hydrogen-bond donors (Lipinski definition) is 1. The summed E-state index contributed by atoms with van der Waals surface area (Å²) in [5.74, 6) is -0.573. The van der Waals surface area contributed by atoms with Gasteiger partial charge >= 0.3 is 12.1 Å². The number of methoxy groups -OCH3 is 1. The molecule has 0 saturated heterocycles. The second kappa shape index (κ2) is 5.71. The van der Waals surface area contributed by atoms with Crippen LogP contribution >= 0.6 is 15.9 Å². The molecular formula is C11H11BrF3NO2. The molecule has 1 rings (SSSR count). The number of alkyl halides is 3. The van der Waals surface area contributed by atoms with Gasteiger partial charge in [0.2, 0.25) is 0 Å². The van der Waals surface area contributed by atoms with Crippen molar-refractivity contribution in [2.24, 2.45) is 5.73 Å². The lowest BCUT2D eigenvalue weighted by molar-refractivity contribution is -0.141. The van der Waals surface area contributed by atoms with E-state index in [4.69, 9.17) is 5.73 Å². The standard InChI is InChI=1S/C11H11BrF3NO2/c1-18-10(17)5-9(16)6-2-7(11(13,14)15)4-8(12)3-6/h2-4,9H,5,16H2,1H3/t9-/m0/s1. The molecule has 1 atom stereocenters. The van der Waals surface area contributed by atoms with Crippen LogP contribution in [0, 0.1) is 0 Å². The summed E-state index contributed by atoms with van der Waals surface area (Å²) >= 11 is 2.99. The van der Waals surface area contributed by atoms with Gasteiger partial charge in [0, 0.05) is 10.5 Å². The van der Waals surface area contributed by atoms with E-state index < -0.39 is 23.8 Å². The Hall–Kier alpha value is -1.08. The maximum atomic E-state index is 12.6. The third-order valence-electron chi connectivity index (χ3n) is 2.29. The molecule has 2 N–H and O–H groups in total. The van der Waals surface area contributed by atoms with Crippen molar-refractivity contribution in [3.05, 3.63) is 33.8 Å². The molecule has 0 unspecified atom stereocenters. The summed E-state index contributed by atoms with van der Waals surface area (Å²) in [4.78, 5) is 11.0. The van der Waals surface area contributed by atoms with Gasteiger partial charge in [-0.3, -0.25) is 4.79 Å². The number of carbonyl (C=O) groups excluding carboxylic acids is 1. The Balaban J connectivity index is 3.03. The van der Waals surface area contributed by atoms with Crippen molar-refractivity contribution in [3.8, 4) is 0 Å². The third kappa shape index (κ3) is 3.99. The molecule has 0 spiro atoms. The molecule has 0 aliphatic rings. The number of carbonyl (C=O) groups is 1. The Labute approximate surface area is 110 Å². The van der Waals surface area contributed by atoms with Crippen molar-refractivity contribution in [1.82, 2.24) is 0 Å². The largest absolute Gasteiger partial charge is 0.469 e. The lowest BCUT2D eigenvalue weighted by Gasteiger charge is -2.14. The number of hydrogen-bond acceptors (Lipinski definition) is 3. The molecule has 0 aliphatic carbocycles. The molecule has 0 bridgehead atoms. The fourth-order valence-corrected chi connectivity index (χ4v) is 1.88. The van der Waals surface area contributed by atoms with Gasteiger partial charge in [-0.1, -0.05) is 15.9 Å². The number of esters is 1. The summed E-state index contributed by atoms with van der Waals surface area (Å²) in [6.45, 7) is 0. The number of nitrogens with two attached hydrogens (primary N) is 1. The first-order chi connectivity index (χ1) is 8.24. The zero-order chi connectivity index (χ0) is 13.9. The van der Waals surface area contributed by atoms with Crippen LogP contribution in [0.4, 0.5) is 13.2 Å². The van der Waals surface area contributed by atoms with Crippen molar-refractivity contribution >= 4 is 21.9 Å². The van der Waals surface area contributed by atoms with Crippen molar-refractivity contribution in [1.29, 1.82) is 0 Å². The Morgan fingerprint density at radius 1 is 1.44 bits per heavy atom. The highest BCUT2D eigenvalue weighted by Crippen LogP contribution is 2.33. The van der Waals surface area contributed by atoms with E-state index in [2.05, 4.69) is 20.7 Å². The average Bonchev–Trinajstić information content (AvgIpc) is 2.26. The molecule has 0 aliphatic heterocycles. The molecule has 0 saturated carbocycles. The van der Waals surface area contributed by atoms with Crippen LogP contribution in [0.3, 0.4) is 0 Å². The highest BCUT2D eigenvalue weighted by atomic mass is 79.9. The average molecular weight is 326 g/mol. The van der Waals surface area contributed by atoms with Gasteiger partial charge in [-0.2, -0.15) is 13.2 Å². The van der Waals surface area contributed by atoms with Gasteiger partial charge in [0.05, 0.1) is 19.1 Å². The molecule has 0 fully saturated rings. The van der Waals surface area contributed by atoms with Gasteiger partial charge in [-0.15, -0.1) is 0 Å². The Morgan fingerprint density at radius 2 is 2.06 bits per heavy atom. The van der Waals surface area contributed by atoms with E-state index in [1.54, 1.807) is 0 Å². The molecule has 0 amide bonds. The predicted molar refractivity (Wildman–Crippen MR) is 62.7 cm³/mol. The van der Waals surface area contributed by atoms with Gasteiger partial charge in [-0.05, 0) is 23.8 Å². The molecule has 1 aromatic carbocycles. The topological polar surface area (TPSA) is 52.3 Å². The lowest BCUT2D eigenvalue weighted by Crippen LogP contribution is -2.17. The summed E-state index contributed by atoms with van der Waals surface area (Å²) in [5.41, 5.74) is 5.07. The summed E-state index contributed by atoms with van der Waals surface area (Å²) in [5, 5.41) is 0. The van der Waals surface area contributed by atoms with Crippen LogP contribution in [-0.4, -0.2) is 13.1 Å². The second-order valence-corrected chi connectivity index (χ2v) is 4.57. The normalized spacial score (nSPS) is 13.2. The monoisotopic (exact) mass is 325 g/mol. The SMILES string of the molecule is COC(=O)C[C@H](N)c1cc(Br)cc(C(F)(F)F)c1. The van der Waals surface area contributed by atoms with Crippen LogP contribution < -0.4 is 5.73 Å². The van der Waals surface area contributed by atoms with Crippen LogP contribution in [0.5, 0.6) is 0 Å². The number of ether oxygens (including phenoxy) is 1. The van der Waals surface area contributed by atoms with Crippen LogP contribution in [0.25, 0.3) is 0 Å². The van der Waals surface area contributed by atoms with Crippen molar-refractivity contribution in [3.63, 3.8) is 0 Å². The predicted octanol–water partition coefficient (Wildman–Crippen LogP) is 3.03. The van der Waals surface area contributed by atoms with E-state index in [1.807, 2.05) is 0 Å². The first kappa shape index (κ1) is 15.0. The van der Waals surface area contributed by atoms with Gasteiger partial charge in [0.15, 0.2) is 0 Å². The van der Waals surface area contributed by atoms with E-state index in [1.165, 1.54) is 13.2 Å². The molecule has 0 heterocycles. The van der Waals surface area contributed by atoms with E-state index in [-0.39, 0.29) is 16.5 Å². The number of rotatable bonds is 3. The van der Waals surface area contributed by atoms with Crippen molar-refractivity contribution in [2.45, 2.75) is 18.6 Å². The van der Waals surface area contributed by atoms with Crippen molar-refractivity contribution < 1.29 is 22.7 Å². The van der Waals surface area contributed by atoms with E-state index in [0.717, 1.165) is 12.1 Å². The van der Waals surface area contributed by atoms with E-state index >= 15 is 0 Å². The van der Waals surface area contributed by atoms with Crippen LogP contribution in [-0.2, 0) is 15.7 Å². The van der Waals surface area contributed by atoms with E-state index in [9.17, 15) is 18.0 Å². The molecule has 3 nitrogen and oxygen atoms in total. The fourth-order valence-electron chi connectivity index (χ4n) is 1.37. The molecule has 7 heteroatoms. The number of benzene rings is 1. The smallest absolute Gasteiger partial charge is 0.416 e. The Morgan fingerprint density at radius 3 is 2.56 bits per heavy atom. The minimum Gasteiger partial charge on any atom is -0.469 e. The summed E-state index contributed by atoms with van der Waals surface area (Å²) in [6, 6.07) is 2.49. The van der Waals surface area contributed by atoms with Gasteiger partial charge in [0.25, 0.3) is 0 Å². The zero-order valence-corrected chi connectivity index (χ0v) is 11.0. The van der Waals surface area contributed by atoms with Crippen LogP contribution in [0.1, 0.15) is 23.6 Å². The lowest BCUT2D eigenvalue weighted by atomic mass is 10.0. The Kier molecular flexibility index (Phi) is 4.75. The maximum absolute atomic E-state index is 12.6. The number of halogens is 4. The summed E-state index contributed by atoms with van der Waals surface area (Å²) in [6.07, 6.45) is -4.63. The summed E-state index contributed by atoms with van der Waals surface area (Å²) in [7, 11) is 1.19. The first-order valence-electron chi connectivity index (χ1n) is 4.94. The van der Waals surface area contributed by atoms with E-state index in [0.29, 0.717) is 0 Å². The van der Waals surface area contributed by atoms with Gasteiger partial charge in [-0.25, -0.2) is 0 Å². The molecular weight excluding hydrogens is 315 g/mol. The Bertz CT molecular complexity index is 448. The van der Waals surface area contributed by atoms with Crippen LogP contribution in [0.2, 0.25) is 0 Å².